The van der Waals surface area contributed by atoms with Crippen LogP contribution in [0.1, 0.15) is 30.9 Å². The minimum Gasteiger partial charge on any atom is -0.497 e. The summed E-state index contributed by atoms with van der Waals surface area (Å²) in [6.07, 6.45) is 2.47. The van der Waals surface area contributed by atoms with Gasteiger partial charge in [0.2, 0.25) is 5.95 Å². The van der Waals surface area contributed by atoms with Crippen molar-refractivity contribution < 1.29 is 4.74 Å². The highest BCUT2D eigenvalue weighted by molar-refractivity contribution is 5.61. The lowest BCUT2D eigenvalue weighted by molar-refractivity contribution is 0.414. The van der Waals surface area contributed by atoms with Crippen LogP contribution in [0.4, 0.5) is 17.5 Å². The first-order valence-corrected chi connectivity index (χ1v) is 9.08. The molecule has 0 aliphatic carbocycles. The van der Waals surface area contributed by atoms with E-state index in [1.54, 1.807) is 13.3 Å². The molecule has 6 heteroatoms. The lowest BCUT2D eigenvalue weighted by Gasteiger charge is -2.14. The van der Waals surface area contributed by atoms with Crippen molar-refractivity contribution in [1.82, 2.24) is 15.2 Å². The van der Waals surface area contributed by atoms with Gasteiger partial charge in [0.1, 0.15) is 5.75 Å². The molecule has 0 atom stereocenters. The number of hydrogen-bond acceptors (Lipinski definition) is 6. The number of ether oxygens (including phenoxy) is 1. The van der Waals surface area contributed by atoms with E-state index in [0.29, 0.717) is 24.2 Å². The fraction of sp³-hybridized carbons (Fsp3) is 0.286. The van der Waals surface area contributed by atoms with Crippen molar-refractivity contribution in [3.05, 3.63) is 65.9 Å². The summed E-state index contributed by atoms with van der Waals surface area (Å²) in [6, 6.07) is 16.3. The van der Waals surface area contributed by atoms with E-state index in [0.717, 1.165) is 17.9 Å². The van der Waals surface area contributed by atoms with Crippen LogP contribution in [0.25, 0.3) is 0 Å². The van der Waals surface area contributed by atoms with Crippen molar-refractivity contribution in [3.8, 4) is 5.75 Å². The summed E-state index contributed by atoms with van der Waals surface area (Å²) in [5, 5.41) is 14.7. The molecule has 2 aromatic carbocycles. The molecule has 6 nitrogen and oxygen atoms in total. The average molecular weight is 363 g/mol. The van der Waals surface area contributed by atoms with Crippen LogP contribution in [-0.2, 0) is 6.42 Å². The van der Waals surface area contributed by atoms with Gasteiger partial charge in [0.15, 0.2) is 5.82 Å². The van der Waals surface area contributed by atoms with Gasteiger partial charge in [0.05, 0.1) is 13.3 Å². The molecule has 1 aromatic heterocycles. The zero-order valence-electron chi connectivity index (χ0n) is 15.9. The van der Waals surface area contributed by atoms with E-state index >= 15 is 0 Å². The van der Waals surface area contributed by atoms with E-state index in [1.165, 1.54) is 11.1 Å². The van der Waals surface area contributed by atoms with Crippen molar-refractivity contribution in [2.45, 2.75) is 26.2 Å². The molecule has 0 unspecified atom stereocenters. The van der Waals surface area contributed by atoms with Crippen LogP contribution in [-0.4, -0.2) is 28.8 Å². The zero-order valence-corrected chi connectivity index (χ0v) is 15.9. The van der Waals surface area contributed by atoms with Crippen LogP contribution in [0.15, 0.2) is 54.7 Å². The van der Waals surface area contributed by atoms with E-state index in [-0.39, 0.29) is 0 Å². The second kappa shape index (κ2) is 8.98. The molecule has 1 heterocycles. The SMILES string of the molecule is COc1cccc(CCNc2nncc(Nc3ccccc3C(C)C)n2)c1. The van der Waals surface area contributed by atoms with Gasteiger partial charge >= 0.3 is 0 Å². The van der Waals surface area contributed by atoms with Gasteiger partial charge in [-0.2, -0.15) is 10.1 Å². The highest BCUT2D eigenvalue weighted by Gasteiger charge is 2.07. The molecule has 0 bridgehead atoms. The normalized spacial score (nSPS) is 10.7. The molecule has 27 heavy (non-hydrogen) atoms. The molecule has 2 N–H and O–H groups in total. The Kier molecular flexibility index (Phi) is 6.20. The lowest BCUT2D eigenvalue weighted by Crippen LogP contribution is -2.10. The van der Waals surface area contributed by atoms with Gasteiger partial charge < -0.3 is 15.4 Å². The van der Waals surface area contributed by atoms with Crippen LogP contribution in [0.2, 0.25) is 0 Å². The number of methoxy groups -OCH3 is 1. The summed E-state index contributed by atoms with van der Waals surface area (Å²) in [5.74, 6) is 2.45. The molecule has 3 aromatic rings. The van der Waals surface area contributed by atoms with Gasteiger partial charge in [-0.05, 0) is 41.7 Å². The van der Waals surface area contributed by atoms with Gasteiger partial charge in [-0.15, -0.1) is 5.10 Å². The second-order valence-electron chi connectivity index (χ2n) is 6.56. The molecule has 0 amide bonds. The van der Waals surface area contributed by atoms with Crippen LogP contribution < -0.4 is 15.4 Å². The predicted molar refractivity (Wildman–Crippen MR) is 109 cm³/mol. The number of anilines is 3. The van der Waals surface area contributed by atoms with E-state index in [1.807, 2.05) is 36.4 Å². The summed E-state index contributed by atoms with van der Waals surface area (Å²) in [6.45, 7) is 5.05. The number of aromatic nitrogens is 3. The van der Waals surface area contributed by atoms with Crippen molar-refractivity contribution in [3.63, 3.8) is 0 Å². The Balaban J connectivity index is 1.62. The summed E-state index contributed by atoms with van der Waals surface area (Å²) in [5.41, 5.74) is 3.47. The number of nitrogens with zero attached hydrogens (tertiary/aromatic N) is 3. The van der Waals surface area contributed by atoms with Crippen molar-refractivity contribution in [2.24, 2.45) is 0 Å². The van der Waals surface area contributed by atoms with Crippen LogP contribution in [0.5, 0.6) is 5.75 Å². The molecule has 0 radical (unpaired) electrons. The standard InChI is InChI=1S/C21H25N5O/c1-15(2)18-9-4-5-10-19(18)24-20-14-23-26-21(25-20)22-12-11-16-7-6-8-17(13-16)27-3/h4-10,13-15H,11-12H2,1-3H3,(H2,22,24,25,26). The number of hydrogen-bond donors (Lipinski definition) is 2. The summed E-state index contributed by atoms with van der Waals surface area (Å²) in [4.78, 5) is 4.51. The van der Waals surface area contributed by atoms with Crippen LogP contribution in [0, 0.1) is 0 Å². The van der Waals surface area contributed by atoms with Gasteiger partial charge in [-0.25, -0.2) is 0 Å². The maximum atomic E-state index is 5.25. The smallest absolute Gasteiger partial charge is 0.244 e. The fourth-order valence-corrected chi connectivity index (χ4v) is 2.84. The summed E-state index contributed by atoms with van der Waals surface area (Å²) in [7, 11) is 1.67. The third-order valence-electron chi connectivity index (χ3n) is 4.24. The van der Waals surface area contributed by atoms with Crippen molar-refractivity contribution in [2.75, 3.05) is 24.3 Å². The molecule has 0 saturated carbocycles. The van der Waals surface area contributed by atoms with Gasteiger partial charge in [-0.1, -0.05) is 44.2 Å². The molecular weight excluding hydrogens is 338 g/mol. The van der Waals surface area contributed by atoms with E-state index in [2.05, 4.69) is 51.8 Å². The molecule has 0 aliphatic heterocycles. The van der Waals surface area contributed by atoms with Crippen molar-refractivity contribution >= 4 is 17.5 Å². The molecule has 0 aliphatic rings. The Morgan fingerprint density at radius 2 is 1.93 bits per heavy atom. The van der Waals surface area contributed by atoms with Gasteiger partial charge in [0.25, 0.3) is 0 Å². The number of rotatable bonds is 8. The highest BCUT2D eigenvalue weighted by atomic mass is 16.5. The number of benzene rings is 2. The third kappa shape index (κ3) is 5.17. The third-order valence-corrected chi connectivity index (χ3v) is 4.24. The first kappa shape index (κ1) is 18.6. The Labute approximate surface area is 160 Å². The van der Waals surface area contributed by atoms with Crippen LogP contribution in [0.3, 0.4) is 0 Å². The molecule has 0 saturated heterocycles. The van der Waals surface area contributed by atoms with E-state index in [9.17, 15) is 0 Å². The van der Waals surface area contributed by atoms with Gasteiger partial charge in [0, 0.05) is 12.2 Å². The first-order valence-electron chi connectivity index (χ1n) is 9.08. The Bertz CT molecular complexity index is 882. The monoisotopic (exact) mass is 363 g/mol. The molecule has 140 valence electrons. The van der Waals surface area contributed by atoms with E-state index in [4.69, 9.17) is 4.74 Å². The van der Waals surface area contributed by atoms with Gasteiger partial charge in [-0.3, -0.25) is 0 Å². The Hall–Kier alpha value is -3.15. The second-order valence-corrected chi connectivity index (χ2v) is 6.56. The molecule has 0 fully saturated rings. The quantitative estimate of drug-likeness (QED) is 0.618. The topological polar surface area (TPSA) is 72.0 Å². The Morgan fingerprint density at radius 3 is 2.74 bits per heavy atom. The fourth-order valence-electron chi connectivity index (χ4n) is 2.84. The zero-order chi connectivity index (χ0) is 19.1. The summed E-state index contributed by atoms with van der Waals surface area (Å²) >= 11 is 0. The molecular formula is C21H25N5O. The summed E-state index contributed by atoms with van der Waals surface area (Å²) < 4.78 is 5.25. The minimum atomic E-state index is 0.420. The molecule has 3 rings (SSSR count). The molecule has 0 spiro atoms. The number of nitrogens with one attached hydrogen (secondary N) is 2. The largest absolute Gasteiger partial charge is 0.497 e. The predicted octanol–water partition coefficient (Wildman–Crippen LogP) is 4.40. The Morgan fingerprint density at radius 1 is 1.07 bits per heavy atom. The number of para-hydroxylation sites is 1. The average Bonchev–Trinajstić information content (AvgIpc) is 2.69. The van der Waals surface area contributed by atoms with Crippen molar-refractivity contribution in [1.29, 1.82) is 0 Å². The minimum absolute atomic E-state index is 0.420. The maximum Gasteiger partial charge on any atom is 0.244 e. The van der Waals surface area contributed by atoms with E-state index < -0.39 is 0 Å². The highest BCUT2D eigenvalue weighted by Crippen LogP contribution is 2.26. The first-order chi connectivity index (χ1) is 13.2. The maximum absolute atomic E-state index is 5.25. The van der Waals surface area contributed by atoms with Crippen LogP contribution >= 0.6 is 0 Å². The lowest BCUT2D eigenvalue weighted by atomic mass is 10.0.